The van der Waals surface area contributed by atoms with E-state index in [4.69, 9.17) is 9.26 Å². The van der Waals surface area contributed by atoms with E-state index in [-0.39, 0.29) is 12.0 Å². The Morgan fingerprint density at radius 3 is 2.54 bits per heavy atom. The maximum Gasteiger partial charge on any atom is 0.257 e. The number of nitrogens with zero attached hydrogens (tertiary/aromatic N) is 2. The van der Waals surface area contributed by atoms with Gasteiger partial charge in [0.1, 0.15) is 17.3 Å². The van der Waals surface area contributed by atoms with Crippen LogP contribution in [-0.2, 0) is 0 Å². The molecule has 2 heterocycles. The normalized spacial score (nSPS) is 10.6. The molecule has 2 aromatic heterocycles. The first-order valence-electron chi connectivity index (χ1n) is 8.24. The zero-order valence-corrected chi connectivity index (χ0v) is 14.8. The van der Waals surface area contributed by atoms with E-state index in [1.54, 1.807) is 31.3 Å². The minimum atomic E-state index is -0.288. The van der Waals surface area contributed by atoms with Crippen LogP contribution >= 0.6 is 0 Å². The van der Waals surface area contributed by atoms with Crippen molar-refractivity contribution in [3.63, 3.8) is 0 Å². The van der Waals surface area contributed by atoms with Crippen LogP contribution in [0.3, 0.4) is 0 Å². The summed E-state index contributed by atoms with van der Waals surface area (Å²) >= 11 is 0. The standard InChI is InChI=1S/C19H20N4O3/c1-12(2)25-16-6-4-15(5-7-16)21-17-11-14(8-9-20-17)19(24)22-18-10-13(3)26-23-18/h4-12H,1-3H3,(H,20,21)(H,22,23,24). The molecule has 0 aliphatic carbocycles. The third-order valence-corrected chi connectivity index (χ3v) is 3.39. The lowest BCUT2D eigenvalue weighted by molar-refractivity contribution is 0.102. The fourth-order valence-electron chi connectivity index (χ4n) is 2.29. The molecule has 2 N–H and O–H groups in total. The van der Waals surface area contributed by atoms with E-state index < -0.39 is 0 Å². The average Bonchev–Trinajstić information content (AvgIpc) is 3.01. The minimum absolute atomic E-state index is 0.124. The molecule has 1 amide bonds. The lowest BCUT2D eigenvalue weighted by Gasteiger charge is -2.11. The van der Waals surface area contributed by atoms with E-state index in [0.717, 1.165) is 11.4 Å². The number of amides is 1. The van der Waals surface area contributed by atoms with Gasteiger partial charge in [0.2, 0.25) is 0 Å². The molecule has 0 aliphatic heterocycles. The lowest BCUT2D eigenvalue weighted by atomic mass is 10.2. The summed E-state index contributed by atoms with van der Waals surface area (Å²) in [5.74, 6) is 2.08. The van der Waals surface area contributed by atoms with Gasteiger partial charge in [-0.1, -0.05) is 5.16 Å². The number of pyridine rings is 1. The third kappa shape index (κ3) is 4.60. The molecule has 0 spiro atoms. The summed E-state index contributed by atoms with van der Waals surface area (Å²) in [7, 11) is 0. The smallest absolute Gasteiger partial charge is 0.257 e. The Morgan fingerprint density at radius 1 is 1.12 bits per heavy atom. The number of aromatic nitrogens is 2. The summed E-state index contributed by atoms with van der Waals surface area (Å²) in [4.78, 5) is 16.6. The van der Waals surface area contributed by atoms with Gasteiger partial charge in [-0.15, -0.1) is 0 Å². The monoisotopic (exact) mass is 352 g/mol. The predicted octanol–water partition coefficient (Wildman–Crippen LogP) is 4.16. The molecule has 0 fully saturated rings. The zero-order chi connectivity index (χ0) is 18.5. The molecule has 0 saturated carbocycles. The van der Waals surface area contributed by atoms with Crippen LogP contribution in [-0.4, -0.2) is 22.2 Å². The Morgan fingerprint density at radius 2 is 1.88 bits per heavy atom. The number of benzene rings is 1. The quantitative estimate of drug-likeness (QED) is 0.692. The molecule has 3 rings (SSSR count). The van der Waals surface area contributed by atoms with Gasteiger partial charge < -0.3 is 19.9 Å². The van der Waals surface area contributed by atoms with Gasteiger partial charge in [0.25, 0.3) is 5.91 Å². The molecular formula is C19H20N4O3. The van der Waals surface area contributed by atoms with Crippen molar-refractivity contribution in [2.45, 2.75) is 26.9 Å². The number of hydrogen-bond acceptors (Lipinski definition) is 6. The maximum absolute atomic E-state index is 12.3. The predicted molar refractivity (Wildman–Crippen MR) is 98.9 cm³/mol. The van der Waals surface area contributed by atoms with E-state index in [1.165, 1.54) is 0 Å². The lowest BCUT2D eigenvalue weighted by Crippen LogP contribution is -2.12. The van der Waals surface area contributed by atoms with E-state index in [9.17, 15) is 4.79 Å². The van der Waals surface area contributed by atoms with Crippen LogP contribution in [0.4, 0.5) is 17.3 Å². The Bertz CT molecular complexity index is 888. The molecule has 0 bridgehead atoms. The molecule has 3 aromatic rings. The van der Waals surface area contributed by atoms with Crippen molar-refractivity contribution in [3.8, 4) is 5.75 Å². The summed E-state index contributed by atoms with van der Waals surface area (Å²) in [5.41, 5.74) is 1.31. The number of carbonyl (C=O) groups excluding carboxylic acids is 1. The number of anilines is 3. The van der Waals surface area contributed by atoms with Gasteiger partial charge in [0, 0.05) is 23.5 Å². The van der Waals surface area contributed by atoms with Gasteiger partial charge in [0.05, 0.1) is 6.10 Å². The van der Waals surface area contributed by atoms with Crippen LogP contribution in [0.15, 0.2) is 53.2 Å². The zero-order valence-electron chi connectivity index (χ0n) is 14.8. The van der Waals surface area contributed by atoms with Gasteiger partial charge >= 0.3 is 0 Å². The highest BCUT2D eigenvalue weighted by Gasteiger charge is 2.10. The highest BCUT2D eigenvalue weighted by Crippen LogP contribution is 2.20. The topological polar surface area (TPSA) is 89.3 Å². The summed E-state index contributed by atoms with van der Waals surface area (Å²) in [6, 6.07) is 12.5. The van der Waals surface area contributed by atoms with Crippen LogP contribution in [0.1, 0.15) is 30.0 Å². The van der Waals surface area contributed by atoms with Gasteiger partial charge in [0.15, 0.2) is 5.82 Å². The average molecular weight is 352 g/mol. The van der Waals surface area contributed by atoms with Gasteiger partial charge in [-0.3, -0.25) is 4.79 Å². The van der Waals surface area contributed by atoms with Gasteiger partial charge in [-0.25, -0.2) is 4.98 Å². The fraction of sp³-hybridized carbons (Fsp3) is 0.211. The highest BCUT2D eigenvalue weighted by atomic mass is 16.5. The molecular weight excluding hydrogens is 332 g/mol. The van der Waals surface area contributed by atoms with E-state index in [1.807, 2.05) is 38.1 Å². The molecule has 7 nitrogen and oxygen atoms in total. The Kier molecular flexibility index (Phi) is 5.17. The molecule has 0 radical (unpaired) electrons. The summed E-state index contributed by atoms with van der Waals surface area (Å²) in [6.07, 6.45) is 1.70. The number of aryl methyl sites for hydroxylation is 1. The molecule has 1 aromatic carbocycles. The van der Waals surface area contributed by atoms with Crippen LogP contribution in [0.2, 0.25) is 0 Å². The minimum Gasteiger partial charge on any atom is -0.491 e. The largest absolute Gasteiger partial charge is 0.491 e. The third-order valence-electron chi connectivity index (χ3n) is 3.39. The molecule has 26 heavy (non-hydrogen) atoms. The Labute approximate surface area is 151 Å². The van der Waals surface area contributed by atoms with Crippen molar-refractivity contribution in [1.82, 2.24) is 10.1 Å². The second-order valence-electron chi connectivity index (χ2n) is 6.02. The van der Waals surface area contributed by atoms with Crippen LogP contribution < -0.4 is 15.4 Å². The molecule has 7 heteroatoms. The van der Waals surface area contributed by atoms with Gasteiger partial charge in [-0.2, -0.15) is 0 Å². The van der Waals surface area contributed by atoms with Crippen molar-refractivity contribution in [2.24, 2.45) is 0 Å². The maximum atomic E-state index is 12.3. The molecule has 0 atom stereocenters. The van der Waals surface area contributed by atoms with Crippen molar-refractivity contribution >= 4 is 23.2 Å². The van der Waals surface area contributed by atoms with Crippen LogP contribution in [0.5, 0.6) is 5.75 Å². The first kappa shape index (κ1) is 17.5. The number of rotatable bonds is 6. The Hall–Kier alpha value is -3.35. The number of nitrogens with one attached hydrogen (secondary N) is 2. The van der Waals surface area contributed by atoms with E-state index >= 15 is 0 Å². The summed E-state index contributed by atoms with van der Waals surface area (Å²) < 4.78 is 10.6. The Balaban J connectivity index is 1.67. The molecule has 134 valence electrons. The highest BCUT2D eigenvalue weighted by molar-refractivity contribution is 6.04. The second-order valence-corrected chi connectivity index (χ2v) is 6.02. The molecule has 0 aliphatic rings. The molecule has 0 saturated heterocycles. The fourth-order valence-corrected chi connectivity index (χ4v) is 2.29. The molecule has 0 unspecified atom stereocenters. The number of carbonyl (C=O) groups is 1. The first-order chi connectivity index (χ1) is 12.5. The summed E-state index contributed by atoms with van der Waals surface area (Å²) in [6.45, 7) is 5.72. The van der Waals surface area contributed by atoms with Crippen molar-refractivity contribution in [2.75, 3.05) is 10.6 Å². The van der Waals surface area contributed by atoms with Crippen molar-refractivity contribution in [1.29, 1.82) is 0 Å². The van der Waals surface area contributed by atoms with Crippen molar-refractivity contribution in [3.05, 3.63) is 60.0 Å². The van der Waals surface area contributed by atoms with Crippen LogP contribution in [0.25, 0.3) is 0 Å². The number of ether oxygens (including phenoxy) is 1. The SMILES string of the molecule is Cc1cc(NC(=O)c2ccnc(Nc3ccc(OC(C)C)cc3)c2)no1. The summed E-state index contributed by atoms with van der Waals surface area (Å²) in [5, 5.41) is 9.60. The van der Waals surface area contributed by atoms with Crippen molar-refractivity contribution < 1.29 is 14.1 Å². The van der Waals surface area contributed by atoms with Crippen LogP contribution in [0, 0.1) is 6.92 Å². The van der Waals surface area contributed by atoms with E-state index in [0.29, 0.717) is 23.0 Å². The van der Waals surface area contributed by atoms with E-state index in [2.05, 4.69) is 20.8 Å². The second kappa shape index (κ2) is 7.69. The number of hydrogen-bond donors (Lipinski definition) is 2. The first-order valence-corrected chi connectivity index (χ1v) is 8.24. The van der Waals surface area contributed by atoms with Gasteiger partial charge in [-0.05, 0) is 57.2 Å².